The van der Waals surface area contributed by atoms with E-state index in [9.17, 15) is 4.79 Å². The van der Waals surface area contributed by atoms with Gasteiger partial charge in [0.2, 0.25) is 5.91 Å². The van der Waals surface area contributed by atoms with E-state index in [-0.39, 0.29) is 11.8 Å². The first-order valence-electron chi connectivity index (χ1n) is 8.49. The van der Waals surface area contributed by atoms with Gasteiger partial charge in [-0.1, -0.05) is 22.9 Å². The summed E-state index contributed by atoms with van der Waals surface area (Å²) in [6, 6.07) is 15.4. The average molecular weight is 349 g/mol. The Hall–Kier alpha value is -3.15. The minimum absolute atomic E-state index is 0.0573. The van der Waals surface area contributed by atoms with Gasteiger partial charge in [0.05, 0.1) is 7.11 Å². The first-order chi connectivity index (χ1) is 12.6. The fraction of sp³-hybridized carbons (Fsp3) is 0.250. The largest absolute Gasteiger partial charge is 0.497 e. The Morgan fingerprint density at radius 2 is 1.85 bits per heavy atom. The number of rotatable bonds is 4. The van der Waals surface area contributed by atoms with Gasteiger partial charge in [0.1, 0.15) is 5.75 Å². The van der Waals surface area contributed by atoms with Crippen molar-refractivity contribution in [2.75, 3.05) is 18.6 Å². The topological polar surface area (TPSA) is 68.5 Å². The maximum absolute atomic E-state index is 12.4. The van der Waals surface area contributed by atoms with Crippen LogP contribution in [-0.2, 0) is 4.79 Å². The number of hydrogen-bond donors (Lipinski definition) is 0. The summed E-state index contributed by atoms with van der Waals surface area (Å²) in [5, 5.41) is 4.10. The second kappa shape index (κ2) is 6.63. The first-order valence-corrected chi connectivity index (χ1v) is 8.49. The number of methoxy groups -OCH3 is 1. The van der Waals surface area contributed by atoms with Gasteiger partial charge in [-0.25, -0.2) is 0 Å². The predicted molar refractivity (Wildman–Crippen MR) is 97.2 cm³/mol. The van der Waals surface area contributed by atoms with Crippen LogP contribution in [0.1, 0.15) is 23.7 Å². The van der Waals surface area contributed by atoms with Gasteiger partial charge >= 0.3 is 0 Å². The van der Waals surface area contributed by atoms with Gasteiger partial charge in [-0.2, -0.15) is 4.98 Å². The smallest absolute Gasteiger partial charge is 0.257 e. The number of benzene rings is 2. The van der Waals surface area contributed by atoms with Gasteiger partial charge in [-0.05, 0) is 43.3 Å². The quantitative estimate of drug-likeness (QED) is 0.720. The summed E-state index contributed by atoms with van der Waals surface area (Å²) in [5.74, 6) is 1.80. The van der Waals surface area contributed by atoms with Gasteiger partial charge in [-0.15, -0.1) is 0 Å². The van der Waals surface area contributed by atoms with Crippen molar-refractivity contribution < 1.29 is 14.1 Å². The highest BCUT2D eigenvalue weighted by molar-refractivity contribution is 5.96. The van der Waals surface area contributed by atoms with Crippen LogP contribution in [0.4, 0.5) is 5.69 Å². The molecule has 0 spiro atoms. The number of hydrogen-bond acceptors (Lipinski definition) is 5. The number of nitrogens with zero attached hydrogens (tertiary/aromatic N) is 3. The zero-order valence-corrected chi connectivity index (χ0v) is 14.7. The van der Waals surface area contributed by atoms with Crippen molar-refractivity contribution in [3.63, 3.8) is 0 Å². The van der Waals surface area contributed by atoms with Crippen molar-refractivity contribution in [3.05, 3.63) is 59.9 Å². The third-order valence-electron chi connectivity index (χ3n) is 4.61. The third kappa shape index (κ3) is 3.06. The van der Waals surface area contributed by atoms with E-state index in [1.807, 2.05) is 55.5 Å². The molecule has 1 aliphatic heterocycles. The van der Waals surface area contributed by atoms with Crippen LogP contribution in [0.3, 0.4) is 0 Å². The number of aryl methyl sites for hydroxylation is 1. The fourth-order valence-electron chi connectivity index (χ4n) is 3.11. The van der Waals surface area contributed by atoms with Crippen molar-refractivity contribution in [1.82, 2.24) is 10.1 Å². The number of carbonyl (C=O) groups is 1. The SMILES string of the molecule is COc1ccc(N2C[C@H](c3noc(-c4ccc(C)cc4)n3)CC2=O)cc1. The minimum atomic E-state index is -0.0763. The molecular weight excluding hydrogens is 330 g/mol. The number of ether oxygens (including phenoxy) is 1. The van der Waals surface area contributed by atoms with Crippen molar-refractivity contribution in [2.45, 2.75) is 19.3 Å². The van der Waals surface area contributed by atoms with Crippen LogP contribution in [0.2, 0.25) is 0 Å². The second-order valence-corrected chi connectivity index (χ2v) is 6.43. The van der Waals surface area contributed by atoms with E-state index in [1.54, 1.807) is 12.0 Å². The van der Waals surface area contributed by atoms with Crippen LogP contribution >= 0.6 is 0 Å². The molecule has 3 aromatic rings. The standard InChI is InChI=1S/C20H19N3O3/c1-13-3-5-14(6-4-13)20-21-19(22-26-20)15-11-18(24)23(12-15)16-7-9-17(25-2)10-8-16/h3-10,15H,11-12H2,1-2H3/t15-/m1/s1. The molecular formula is C20H19N3O3. The van der Waals surface area contributed by atoms with Crippen molar-refractivity contribution in [2.24, 2.45) is 0 Å². The number of aromatic nitrogens is 2. The van der Waals surface area contributed by atoms with E-state index in [0.29, 0.717) is 24.7 Å². The van der Waals surface area contributed by atoms with Crippen LogP contribution in [0.25, 0.3) is 11.5 Å². The minimum Gasteiger partial charge on any atom is -0.497 e. The molecule has 1 atom stereocenters. The predicted octanol–water partition coefficient (Wildman–Crippen LogP) is 3.57. The number of carbonyl (C=O) groups excluding carboxylic acids is 1. The lowest BCUT2D eigenvalue weighted by molar-refractivity contribution is -0.117. The Balaban J connectivity index is 1.52. The average Bonchev–Trinajstić information content (AvgIpc) is 3.29. The lowest BCUT2D eigenvalue weighted by atomic mass is 10.1. The first kappa shape index (κ1) is 16.3. The number of amides is 1. The molecule has 1 fully saturated rings. The zero-order valence-electron chi connectivity index (χ0n) is 14.7. The van der Waals surface area contributed by atoms with E-state index in [1.165, 1.54) is 5.56 Å². The van der Waals surface area contributed by atoms with Gasteiger partial charge in [0, 0.05) is 30.1 Å². The van der Waals surface area contributed by atoms with Gasteiger partial charge in [-0.3, -0.25) is 4.79 Å². The summed E-state index contributed by atoms with van der Waals surface area (Å²) in [6.07, 6.45) is 0.374. The molecule has 1 amide bonds. The maximum atomic E-state index is 12.4. The second-order valence-electron chi connectivity index (χ2n) is 6.43. The molecule has 1 aromatic heterocycles. The summed E-state index contributed by atoms with van der Waals surface area (Å²) >= 11 is 0. The van der Waals surface area contributed by atoms with Crippen molar-refractivity contribution in [3.8, 4) is 17.2 Å². The molecule has 1 aliphatic rings. The number of anilines is 1. The Labute approximate surface area is 151 Å². The summed E-state index contributed by atoms with van der Waals surface area (Å²) in [5.41, 5.74) is 2.90. The zero-order chi connectivity index (χ0) is 18.1. The van der Waals surface area contributed by atoms with Crippen LogP contribution in [0, 0.1) is 6.92 Å². The van der Waals surface area contributed by atoms with E-state index in [2.05, 4.69) is 10.1 Å². The molecule has 2 aromatic carbocycles. The van der Waals surface area contributed by atoms with Crippen LogP contribution in [-0.4, -0.2) is 29.7 Å². The van der Waals surface area contributed by atoms with Gasteiger partial charge in [0.25, 0.3) is 5.89 Å². The van der Waals surface area contributed by atoms with E-state index in [4.69, 9.17) is 9.26 Å². The lowest BCUT2D eigenvalue weighted by Gasteiger charge is -2.16. The highest BCUT2D eigenvalue weighted by Gasteiger charge is 2.34. The maximum Gasteiger partial charge on any atom is 0.257 e. The van der Waals surface area contributed by atoms with E-state index >= 15 is 0 Å². The Morgan fingerprint density at radius 1 is 1.12 bits per heavy atom. The molecule has 0 radical (unpaired) electrons. The molecule has 0 unspecified atom stereocenters. The molecule has 0 aliphatic carbocycles. The Kier molecular flexibility index (Phi) is 4.16. The van der Waals surface area contributed by atoms with Crippen molar-refractivity contribution in [1.29, 1.82) is 0 Å². The van der Waals surface area contributed by atoms with E-state index in [0.717, 1.165) is 17.0 Å². The monoisotopic (exact) mass is 349 g/mol. The molecule has 2 heterocycles. The van der Waals surface area contributed by atoms with Gasteiger partial charge < -0.3 is 14.2 Å². The van der Waals surface area contributed by atoms with Crippen LogP contribution in [0.5, 0.6) is 5.75 Å². The Bertz CT molecular complexity index is 916. The fourth-order valence-corrected chi connectivity index (χ4v) is 3.11. The molecule has 0 bridgehead atoms. The molecule has 4 rings (SSSR count). The molecule has 132 valence electrons. The van der Waals surface area contributed by atoms with Crippen molar-refractivity contribution >= 4 is 11.6 Å². The third-order valence-corrected chi connectivity index (χ3v) is 4.61. The van der Waals surface area contributed by atoms with Crippen LogP contribution in [0.15, 0.2) is 53.1 Å². The summed E-state index contributed by atoms with van der Waals surface area (Å²) in [4.78, 5) is 18.7. The normalized spacial score (nSPS) is 16.9. The highest BCUT2D eigenvalue weighted by Crippen LogP contribution is 2.32. The molecule has 1 saturated heterocycles. The molecule has 26 heavy (non-hydrogen) atoms. The molecule has 0 saturated carbocycles. The Morgan fingerprint density at radius 3 is 2.54 bits per heavy atom. The summed E-state index contributed by atoms with van der Waals surface area (Å²) < 4.78 is 10.6. The van der Waals surface area contributed by atoms with E-state index < -0.39 is 0 Å². The molecule has 6 nitrogen and oxygen atoms in total. The molecule has 6 heteroatoms. The summed E-state index contributed by atoms with van der Waals surface area (Å²) in [6.45, 7) is 2.57. The van der Waals surface area contributed by atoms with Gasteiger partial charge in [0.15, 0.2) is 5.82 Å². The highest BCUT2D eigenvalue weighted by atomic mass is 16.5. The van der Waals surface area contributed by atoms with Crippen LogP contribution < -0.4 is 9.64 Å². The summed E-state index contributed by atoms with van der Waals surface area (Å²) in [7, 11) is 1.62. The lowest BCUT2D eigenvalue weighted by Crippen LogP contribution is -2.24. The molecule has 0 N–H and O–H groups in total.